The molecule has 0 unspecified atom stereocenters. The van der Waals surface area contributed by atoms with Crippen LogP contribution in [-0.2, 0) is 9.53 Å². The monoisotopic (exact) mass is 268 g/mol. The average molecular weight is 268 g/mol. The molecule has 0 aromatic carbocycles. The van der Waals surface area contributed by atoms with E-state index in [9.17, 15) is 4.79 Å². The summed E-state index contributed by atoms with van der Waals surface area (Å²) in [6.45, 7) is 7.37. The van der Waals surface area contributed by atoms with Crippen LogP contribution in [0.5, 0.6) is 0 Å². The van der Waals surface area contributed by atoms with Crippen LogP contribution in [-0.4, -0.2) is 11.6 Å². The molecular weight excluding hydrogens is 255 g/mol. The Morgan fingerprint density at radius 1 is 1.45 bits per heavy atom. The van der Waals surface area contributed by atoms with Gasteiger partial charge in [0.15, 0.2) is 0 Å². The van der Waals surface area contributed by atoms with Crippen molar-refractivity contribution in [3.05, 3.63) is 9.66 Å². The molecule has 0 saturated heterocycles. The van der Waals surface area contributed by atoms with E-state index in [-0.39, 0.29) is 5.97 Å². The van der Waals surface area contributed by atoms with Gasteiger partial charge < -0.3 is 4.74 Å². The normalized spacial score (nSPS) is 13.0. The molecule has 0 N–H and O–H groups in total. The fraction of sp³-hybridized carbons (Fsp3) is 0.625. The molecule has 0 rings (SSSR count). The number of hydrogen-bond donors (Lipinski definition) is 0. The SMILES string of the molecule is C/C=C(\I)C(=O)OC(C)(C)C. The zero-order valence-electron chi connectivity index (χ0n) is 7.27. The molecule has 2 nitrogen and oxygen atoms in total. The van der Waals surface area contributed by atoms with Crippen molar-refractivity contribution in [1.82, 2.24) is 0 Å². The molecule has 0 heterocycles. The number of carbonyl (C=O) groups is 1. The van der Waals surface area contributed by atoms with Crippen molar-refractivity contribution in [1.29, 1.82) is 0 Å². The number of halogens is 1. The van der Waals surface area contributed by atoms with E-state index in [4.69, 9.17) is 4.74 Å². The number of allylic oxidation sites excluding steroid dienone is 1. The lowest BCUT2D eigenvalue weighted by molar-refractivity contribution is -0.148. The van der Waals surface area contributed by atoms with E-state index in [1.165, 1.54) is 0 Å². The molecule has 0 aromatic rings. The standard InChI is InChI=1S/C8H13IO2/c1-5-6(9)7(10)11-8(2,3)4/h5H,1-4H3/b6-5-. The van der Waals surface area contributed by atoms with Crippen molar-refractivity contribution >= 4 is 28.6 Å². The molecule has 0 bridgehead atoms. The Balaban J connectivity index is 4.10. The molecule has 0 spiro atoms. The third-order valence-electron chi connectivity index (χ3n) is 0.847. The molecule has 64 valence electrons. The van der Waals surface area contributed by atoms with Gasteiger partial charge in [0.05, 0.1) is 3.58 Å². The first-order chi connectivity index (χ1) is 4.87. The summed E-state index contributed by atoms with van der Waals surface area (Å²) in [5, 5.41) is 0. The summed E-state index contributed by atoms with van der Waals surface area (Å²) in [4.78, 5) is 11.1. The first kappa shape index (κ1) is 10.9. The fourth-order valence-corrected chi connectivity index (χ4v) is 0.555. The fourth-order valence-electron chi connectivity index (χ4n) is 0.445. The van der Waals surface area contributed by atoms with E-state index in [0.717, 1.165) is 0 Å². The van der Waals surface area contributed by atoms with Crippen LogP contribution in [0.2, 0.25) is 0 Å². The minimum absolute atomic E-state index is 0.249. The van der Waals surface area contributed by atoms with E-state index in [0.29, 0.717) is 3.58 Å². The predicted molar refractivity (Wildman–Crippen MR) is 53.6 cm³/mol. The molecule has 0 fully saturated rings. The van der Waals surface area contributed by atoms with Crippen molar-refractivity contribution in [2.24, 2.45) is 0 Å². The molecule has 3 heteroatoms. The van der Waals surface area contributed by atoms with Crippen LogP contribution in [0.4, 0.5) is 0 Å². The van der Waals surface area contributed by atoms with Crippen LogP contribution >= 0.6 is 22.6 Å². The van der Waals surface area contributed by atoms with Gasteiger partial charge in [-0.3, -0.25) is 0 Å². The molecule has 11 heavy (non-hydrogen) atoms. The van der Waals surface area contributed by atoms with Crippen LogP contribution in [0.1, 0.15) is 27.7 Å². The van der Waals surface area contributed by atoms with Crippen molar-refractivity contribution in [2.45, 2.75) is 33.3 Å². The summed E-state index contributed by atoms with van der Waals surface area (Å²) in [6, 6.07) is 0. The lowest BCUT2D eigenvalue weighted by atomic mass is 10.2. The van der Waals surface area contributed by atoms with Crippen LogP contribution in [0.15, 0.2) is 9.66 Å². The molecule has 0 amide bonds. The Bertz CT molecular complexity index is 177. The Morgan fingerprint density at radius 3 is 2.18 bits per heavy atom. The largest absolute Gasteiger partial charge is 0.456 e. The van der Waals surface area contributed by atoms with Gasteiger partial charge in [0.2, 0.25) is 0 Å². The summed E-state index contributed by atoms with van der Waals surface area (Å²) < 4.78 is 5.70. The zero-order chi connectivity index (χ0) is 9.07. The molecule has 0 aliphatic carbocycles. The molecule has 0 saturated carbocycles. The van der Waals surface area contributed by atoms with Gasteiger partial charge in [-0.15, -0.1) is 0 Å². The highest BCUT2D eigenvalue weighted by molar-refractivity contribution is 14.1. The lowest BCUT2D eigenvalue weighted by Gasteiger charge is -2.18. The van der Waals surface area contributed by atoms with Crippen LogP contribution in [0.25, 0.3) is 0 Å². The van der Waals surface area contributed by atoms with Crippen molar-refractivity contribution in [3.8, 4) is 0 Å². The Kier molecular flexibility index (Phi) is 4.07. The number of hydrogen-bond acceptors (Lipinski definition) is 2. The number of ether oxygens (including phenoxy) is 1. The third kappa shape index (κ3) is 5.24. The van der Waals surface area contributed by atoms with Crippen molar-refractivity contribution < 1.29 is 9.53 Å². The minimum Gasteiger partial charge on any atom is -0.456 e. The summed E-state index contributed by atoms with van der Waals surface area (Å²) in [7, 11) is 0. The minimum atomic E-state index is -0.392. The van der Waals surface area contributed by atoms with Crippen LogP contribution < -0.4 is 0 Å². The van der Waals surface area contributed by atoms with Gasteiger partial charge in [0.1, 0.15) is 5.60 Å². The number of esters is 1. The molecule has 0 aliphatic rings. The second kappa shape index (κ2) is 4.09. The number of rotatable bonds is 1. The highest BCUT2D eigenvalue weighted by Crippen LogP contribution is 2.14. The van der Waals surface area contributed by atoms with E-state index >= 15 is 0 Å². The number of carbonyl (C=O) groups excluding carboxylic acids is 1. The Labute approximate surface area is 81.1 Å². The first-order valence-corrected chi connectivity index (χ1v) is 4.50. The maximum Gasteiger partial charge on any atom is 0.344 e. The van der Waals surface area contributed by atoms with Gasteiger partial charge in [-0.1, -0.05) is 6.08 Å². The topological polar surface area (TPSA) is 26.3 Å². The zero-order valence-corrected chi connectivity index (χ0v) is 9.43. The highest BCUT2D eigenvalue weighted by atomic mass is 127. The van der Waals surface area contributed by atoms with E-state index in [2.05, 4.69) is 0 Å². The second-order valence-electron chi connectivity index (χ2n) is 3.14. The smallest absolute Gasteiger partial charge is 0.344 e. The van der Waals surface area contributed by atoms with E-state index in [1.54, 1.807) is 6.08 Å². The molecule has 0 aromatic heterocycles. The maximum atomic E-state index is 11.1. The van der Waals surface area contributed by atoms with Crippen LogP contribution in [0, 0.1) is 0 Å². The van der Waals surface area contributed by atoms with Gasteiger partial charge in [0.25, 0.3) is 0 Å². The second-order valence-corrected chi connectivity index (χ2v) is 4.30. The first-order valence-electron chi connectivity index (χ1n) is 3.42. The lowest BCUT2D eigenvalue weighted by Crippen LogP contribution is -2.23. The Hall–Kier alpha value is -0.0600. The summed E-state index contributed by atoms with van der Waals surface area (Å²) in [5.74, 6) is -0.249. The summed E-state index contributed by atoms with van der Waals surface area (Å²) in [5.41, 5.74) is -0.392. The molecular formula is C8H13IO2. The third-order valence-corrected chi connectivity index (χ3v) is 1.91. The van der Waals surface area contributed by atoms with E-state index in [1.807, 2.05) is 50.3 Å². The van der Waals surface area contributed by atoms with Crippen molar-refractivity contribution in [2.75, 3.05) is 0 Å². The highest BCUT2D eigenvalue weighted by Gasteiger charge is 2.17. The van der Waals surface area contributed by atoms with Gasteiger partial charge in [-0.05, 0) is 50.3 Å². The van der Waals surface area contributed by atoms with Gasteiger partial charge in [-0.2, -0.15) is 0 Å². The summed E-state index contributed by atoms with van der Waals surface area (Å²) >= 11 is 1.96. The van der Waals surface area contributed by atoms with Crippen molar-refractivity contribution in [3.63, 3.8) is 0 Å². The quantitative estimate of drug-likeness (QED) is 0.415. The van der Waals surface area contributed by atoms with Gasteiger partial charge in [0, 0.05) is 0 Å². The van der Waals surface area contributed by atoms with Gasteiger partial charge >= 0.3 is 5.97 Å². The molecule has 0 radical (unpaired) electrons. The summed E-state index contributed by atoms with van der Waals surface area (Å²) in [6.07, 6.45) is 1.73. The Morgan fingerprint density at radius 2 is 1.91 bits per heavy atom. The maximum absolute atomic E-state index is 11.1. The predicted octanol–water partition coefficient (Wildman–Crippen LogP) is 2.67. The molecule has 0 atom stereocenters. The van der Waals surface area contributed by atoms with E-state index < -0.39 is 5.60 Å². The average Bonchev–Trinajstić information content (AvgIpc) is 1.82. The molecule has 0 aliphatic heterocycles. The van der Waals surface area contributed by atoms with Crippen LogP contribution in [0.3, 0.4) is 0 Å². The van der Waals surface area contributed by atoms with Gasteiger partial charge in [-0.25, -0.2) is 4.79 Å².